The van der Waals surface area contributed by atoms with Crippen LogP contribution in [0.25, 0.3) is 0 Å². The Kier molecular flexibility index (Phi) is 6.24. The molecule has 2 aromatic carbocycles. The van der Waals surface area contributed by atoms with E-state index >= 15 is 0 Å². The molecular weight excluding hydrogens is 302 g/mol. The van der Waals surface area contributed by atoms with Gasteiger partial charge < -0.3 is 14.8 Å². The summed E-state index contributed by atoms with van der Waals surface area (Å²) >= 11 is 0. The first-order chi connectivity index (χ1) is 11.5. The number of benzene rings is 2. The van der Waals surface area contributed by atoms with Gasteiger partial charge in [-0.15, -0.1) is 0 Å². The highest BCUT2D eigenvalue weighted by Gasteiger charge is 2.10. The molecule has 2 rings (SSSR count). The van der Waals surface area contributed by atoms with E-state index in [0.717, 1.165) is 16.8 Å². The van der Waals surface area contributed by atoms with Crippen molar-refractivity contribution in [3.63, 3.8) is 0 Å². The molecule has 1 amide bonds. The van der Waals surface area contributed by atoms with Crippen molar-refractivity contribution in [2.45, 2.75) is 34.1 Å². The molecule has 4 heteroatoms. The maximum atomic E-state index is 12.3. The van der Waals surface area contributed by atoms with Crippen LogP contribution < -0.4 is 14.8 Å². The molecule has 24 heavy (non-hydrogen) atoms. The molecule has 0 heterocycles. The molecule has 0 saturated heterocycles. The number of aryl methyl sites for hydroxylation is 2. The molecule has 4 nitrogen and oxygen atoms in total. The number of ether oxygens (including phenoxy) is 2. The van der Waals surface area contributed by atoms with E-state index in [1.807, 2.05) is 58.0 Å². The van der Waals surface area contributed by atoms with Crippen LogP contribution >= 0.6 is 0 Å². The molecule has 128 valence electrons. The van der Waals surface area contributed by atoms with Crippen molar-refractivity contribution in [2.24, 2.45) is 0 Å². The lowest BCUT2D eigenvalue weighted by Gasteiger charge is -2.13. The average Bonchev–Trinajstić information content (AvgIpc) is 2.53. The Morgan fingerprint density at radius 3 is 2.33 bits per heavy atom. The van der Waals surface area contributed by atoms with E-state index in [2.05, 4.69) is 11.4 Å². The van der Waals surface area contributed by atoms with E-state index in [0.29, 0.717) is 31.1 Å². The number of carbonyl (C=O) groups excluding carboxylic acids is 1. The molecule has 0 aromatic heterocycles. The molecule has 2 aromatic rings. The zero-order chi connectivity index (χ0) is 17.5. The van der Waals surface area contributed by atoms with Crippen LogP contribution in [0.15, 0.2) is 36.4 Å². The minimum Gasteiger partial charge on any atom is -0.490 e. The van der Waals surface area contributed by atoms with Gasteiger partial charge in [0.1, 0.15) is 0 Å². The number of nitrogens with one attached hydrogen (secondary N) is 1. The Labute approximate surface area is 143 Å². The van der Waals surface area contributed by atoms with Crippen molar-refractivity contribution in [3.8, 4) is 11.5 Å². The van der Waals surface area contributed by atoms with Crippen LogP contribution in [0.2, 0.25) is 0 Å². The number of amides is 1. The Balaban J connectivity index is 2.09. The van der Waals surface area contributed by atoms with Crippen molar-refractivity contribution < 1.29 is 14.3 Å². The van der Waals surface area contributed by atoms with Crippen LogP contribution in [0, 0.1) is 13.8 Å². The van der Waals surface area contributed by atoms with Gasteiger partial charge >= 0.3 is 0 Å². The molecule has 0 atom stereocenters. The summed E-state index contributed by atoms with van der Waals surface area (Å²) in [6.07, 6.45) is 0.291. The highest BCUT2D eigenvalue weighted by Crippen LogP contribution is 2.29. The van der Waals surface area contributed by atoms with Crippen molar-refractivity contribution in [3.05, 3.63) is 53.1 Å². The number of hydrogen-bond acceptors (Lipinski definition) is 3. The van der Waals surface area contributed by atoms with Crippen LogP contribution in [-0.4, -0.2) is 19.1 Å². The minimum absolute atomic E-state index is 0.0476. The Morgan fingerprint density at radius 1 is 0.958 bits per heavy atom. The summed E-state index contributed by atoms with van der Waals surface area (Å²) in [5, 5.41) is 2.97. The summed E-state index contributed by atoms with van der Waals surface area (Å²) in [5.74, 6) is 1.34. The monoisotopic (exact) mass is 327 g/mol. The van der Waals surface area contributed by atoms with Crippen LogP contribution in [-0.2, 0) is 11.2 Å². The van der Waals surface area contributed by atoms with E-state index in [1.54, 1.807) is 0 Å². The van der Waals surface area contributed by atoms with Gasteiger partial charge in [0.15, 0.2) is 11.5 Å². The molecule has 0 spiro atoms. The van der Waals surface area contributed by atoms with Crippen molar-refractivity contribution >= 4 is 11.6 Å². The van der Waals surface area contributed by atoms with Gasteiger partial charge in [-0.3, -0.25) is 4.79 Å². The van der Waals surface area contributed by atoms with Gasteiger partial charge in [0, 0.05) is 5.69 Å². The molecule has 0 unspecified atom stereocenters. The Hall–Kier alpha value is -2.49. The Bertz CT molecular complexity index is 710. The first-order valence-corrected chi connectivity index (χ1v) is 8.29. The number of rotatable bonds is 7. The normalized spacial score (nSPS) is 10.3. The molecule has 0 aliphatic carbocycles. The van der Waals surface area contributed by atoms with Gasteiger partial charge in [0.05, 0.1) is 19.6 Å². The van der Waals surface area contributed by atoms with Gasteiger partial charge in [-0.25, -0.2) is 0 Å². The molecule has 0 aliphatic rings. The molecule has 0 aliphatic heterocycles. The van der Waals surface area contributed by atoms with Crippen LogP contribution in [0.1, 0.15) is 30.5 Å². The number of carbonyl (C=O) groups is 1. The Morgan fingerprint density at radius 2 is 1.67 bits per heavy atom. The van der Waals surface area contributed by atoms with Crippen LogP contribution in [0.4, 0.5) is 5.69 Å². The standard InChI is InChI=1S/C20H25NO3/c1-5-23-18-10-8-16(12-19(18)24-6-2)13-20(22)21-17-9-7-14(3)11-15(17)4/h7-12H,5-6,13H2,1-4H3,(H,21,22). The SMILES string of the molecule is CCOc1ccc(CC(=O)Nc2ccc(C)cc2C)cc1OCC. The van der Waals surface area contributed by atoms with E-state index in [4.69, 9.17) is 9.47 Å². The first-order valence-electron chi connectivity index (χ1n) is 8.29. The van der Waals surface area contributed by atoms with E-state index < -0.39 is 0 Å². The minimum atomic E-state index is -0.0476. The van der Waals surface area contributed by atoms with Crippen molar-refractivity contribution in [2.75, 3.05) is 18.5 Å². The summed E-state index contributed by atoms with van der Waals surface area (Å²) in [6, 6.07) is 11.6. The lowest BCUT2D eigenvalue weighted by Crippen LogP contribution is -2.15. The molecule has 0 bridgehead atoms. The second-order valence-corrected chi connectivity index (χ2v) is 5.69. The third-order valence-corrected chi connectivity index (χ3v) is 3.63. The van der Waals surface area contributed by atoms with Gasteiger partial charge in [0.2, 0.25) is 5.91 Å². The van der Waals surface area contributed by atoms with Gasteiger partial charge in [-0.2, -0.15) is 0 Å². The fourth-order valence-corrected chi connectivity index (χ4v) is 2.54. The zero-order valence-corrected chi connectivity index (χ0v) is 14.8. The highest BCUT2D eigenvalue weighted by molar-refractivity contribution is 5.93. The third-order valence-electron chi connectivity index (χ3n) is 3.63. The molecular formula is C20H25NO3. The smallest absolute Gasteiger partial charge is 0.228 e. The molecule has 0 radical (unpaired) electrons. The van der Waals surface area contributed by atoms with Gasteiger partial charge in [-0.05, 0) is 57.0 Å². The zero-order valence-electron chi connectivity index (χ0n) is 14.8. The van der Waals surface area contributed by atoms with Crippen molar-refractivity contribution in [1.82, 2.24) is 0 Å². The fourth-order valence-electron chi connectivity index (χ4n) is 2.54. The van der Waals surface area contributed by atoms with E-state index in [1.165, 1.54) is 5.56 Å². The maximum absolute atomic E-state index is 12.3. The fraction of sp³-hybridized carbons (Fsp3) is 0.350. The second-order valence-electron chi connectivity index (χ2n) is 5.69. The summed E-state index contributed by atoms with van der Waals surface area (Å²) in [4.78, 5) is 12.3. The first kappa shape index (κ1) is 17.9. The van der Waals surface area contributed by atoms with E-state index in [-0.39, 0.29) is 5.91 Å². The van der Waals surface area contributed by atoms with Gasteiger partial charge in [-0.1, -0.05) is 23.8 Å². The summed E-state index contributed by atoms with van der Waals surface area (Å²) in [5.41, 5.74) is 3.98. The van der Waals surface area contributed by atoms with E-state index in [9.17, 15) is 4.79 Å². The molecule has 0 fully saturated rings. The van der Waals surface area contributed by atoms with Gasteiger partial charge in [0.25, 0.3) is 0 Å². The maximum Gasteiger partial charge on any atom is 0.228 e. The third kappa shape index (κ3) is 4.75. The van der Waals surface area contributed by atoms with Crippen molar-refractivity contribution in [1.29, 1.82) is 0 Å². The molecule has 1 N–H and O–H groups in total. The largest absolute Gasteiger partial charge is 0.490 e. The number of anilines is 1. The summed E-state index contributed by atoms with van der Waals surface area (Å²) < 4.78 is 11.2. The predicted octanol–water partition coefficient (Wildman–Crippen LogP) is 4.28. The predicted molar refractivity (Wildman–Crippen MR) is 97.0 cm³/mol. The summed E-state index contributed by atoms with van der Waals surface area (Å²) in [6.45, 7) is 9.02. The quantitative estimate of drug-likeness (QED) is 0.825. The second kappa shape index (κ2) is 8.39. The van der Waals surface area contributed by atoms with Crippen LogP contribution in [0.5, 0.6) is 11.5 Å². The number of hydrogen-bond donors (Lipinski definition) is 1. The molecule has 0 saturated carbocycles. The highest BCUT2D eigenvalue weighted by atomic mass is 16.5. The lowest BCUT2D eigenvalue weighted by atomic mass is 10.1. The lowest BCUT2D eigenvalue weighted by molar-refractivity contribution is -0.115. The van der Waals surface area contributed by atoms with Crippen LogP contribution in [0.3, 0.4) is 0 Å². The average molecular weight is 327 g/mol. The topological polar surface area (TPSA) is 47.6 Å². The summed E-state index contributed by atoms with van der Waals surface area (Å²) in [7, 11) is 0.